The Hall–Kier alpha value is -4.39. The van der Waals surface area contributed by atoms with E-state index < -0.39 is 6.10 Å². The van der Waals surface area contributed by atoms with Crippen LogP contribution in [0, 0.1) is 6.92 Å². The van der Waals surface area contributed by atoms with Gasteiger partial charge in [-0.05, 0) is 58.0 Å². The summed E-state index contributed by atoms with van der Waals surface area (Å²) < 4.78 is 15.5. The smallest absolute Gasteiger partial charge is 0.329 e. The van der Waals surface area contributed by atoms with E-state index in [1.807, 2.05) is 45.0 Å². The summed E-state index contributed by atoms with van der Waals surface area (Å²) in [5.41, 5.74) is 3.61. The number of carbonyl (C=O) groups excluding carboxylic acids is 1. The van der Waals surface area contributed by atoms with Gasteiger partial charge in [0, 0.05) is 24.2 Å². The zero-order valence-corrected chi connectivity index (χ0v) is 21.3. The monoisotopic (exact) mass is 496 g/mol. The Morgan fingerprint density at radius 2 is 1.59 bits per heavy atom. The Balaban J connectivity index is 1.57. The van der Waals surface area contributed by atoms with Crippen LogP contribution < -0.4 is 15.9 Å². The highest BCUT2D eigenvalue weighted by atomic mass is 16.5. The number of hydrogen-bond acceptors (Lipinski definition) is 5. The molecule has 7 heteroatoms. The fraction of sp³-hybridized carbons (Fsp3) is 0.233. The summed E-state index contributed by atoms with van der Waals surface area (Å²) in [5, 5.41) is 0.377. The molecule has 2 aromatic heterocycles. The normalized spacial score (nSPS) is 12.2. The fourth-order valence-corrected chi connectivity index (χ4v) is 4.68. The van der Waals surface area contributed by atoms with Gasteiger partial charge >= 0.3 is 5.69 Å². The Morgan fingerprint density at radius 1 is 0.919 bits per heavy atom. The van der Waals surface area contributed by atoms with E-state index in [1.165, 1.54) is 0 Å². The third kappa shape index (κ3) is 4.16. The van der Waals surface area contributed by atoms with Crippen LogP contribution in [-0.4, -0.2) is 21.0 Å². The van der Waals surface area contributed by atoms with E-state index in [-0.39, 0.29) is 28.4 Å². The van der Waals surface area contributed by atoms with Gasteiger partial charge in [-0.2, -0.15) is 0 Å². The number of nitrogens with zero attached hydrogens (tertiary/aromatic N) is 2. The lowest BCUT2D eigenvalue weighted by molar-refractivity contribution is 0.0815. The first kappa shape index (κ1) is 24.3. The predicted molar refractivity (Wildman–Crippen MR) is 145 cm³/mol. The lowest BCUT2D eigenvalue weighted by atomic mass is 10.1. The maximum Gasteiger partial charge on any atom is 0.329 e. The lowest BCUT2D eigenvalue weighted by Gasteiger charge is -2.16. The number of ether oxygens (including phenoxy) is 1. The van der Waals surface area contributed by atoms with Gasteiger partial charge in [0.25, 0.3) is 0 Å². The van der Waals surface area contributed by atoms with Crippen molar-refractivity contribution in [3.05, 3.63) is 98.6 Å². The zero-order chi connectivity index (χ0) is 26.3. The number of carbonyl (C=O) groups is 1. The highest BCUT2D eigenvalue weighted by Crippen LogP contribution is 2.32. The Labute approximate surface area is 213 Å². The number of ketones is 1. The van der Waals surface area contributed by atoms with E-state index in [0.717, 1.165) is 11.1 Å². The molecule has 5 rings (SSSR count). The maximum absolute atomic E-state index is 13.5. The van der Waals surface area contributed by atoms with Crippen LogP contribution in [0.1, 0.15) is 36.7 Å². The molecule has 0 aliphatic heterocycles. The molecule has 0 fully saturated rings. The highest BCUT2D eigenvalue weighted by molar-refractivity contribution is 6.02. The van der Waals surface area contributed by atoms with E-state index in [1.54, 1.807) is 58.5 Å². The summed E-state index contributed by atoms with van der Waals surface area (Å²) in [7, 11) is 0. The Bertz CT molecular complexity index is 1760. The molecule has 1 unspecified atom stereocenters. The van der Waals surface area contributed by atoms with Crippen LogP contribution in [0.3, 0.4) is 0 Å². The zero-order valence-electron chi connectivity index (χ0n) is 21.3. The number of imidazole rings is 1. The number of fused-ring (bicyclic) bond motifs is 2. The van der Waals surface area contributed by atoms with Gasteiger partial charge in [0.2, 0.25) is 17.0 Å². The average Bonchev–Trinajstić information content (AvgIpc) is 3.19. The van der Waals surface area contributed by atoms with E-state index in [9.17, 15) is 14.4 Å². The molecule has 0 aliphatic rings. The molecule has 7 nitrogen and oxygen atoms in total. The first-order valence-corrected chi connectivity index (χ1v) is 12.4. The molecule has 2 heterocycles. The SMILES string of the molecule is CCn1c(=O)n(CC)c2cc(C(=O)C(C)Oc3c(-c4ccc(C)cc4)oc4ccccc4c3=O)ccc21. The van der Waals surface area contributed by atoms with Crippen molar-refractivity contribution in [3.63, 3.8) is 0 Å². The standard InChI is InChI=1S/C30H28N2O5/c1-5-31-23-16-15-21(17-24(23)32(6-2)30(31)35)26(33)19(4)36-29-27(34)22-9-7-8-10-25(22)37-28(29)20-13-11-18(3)12-14-20/h7-17,19H,5-6H2,1-4H3. The molecule has 5 aromatic rings. The second-order valence-corrected chi connectivity index (χ2v) is 9.05. The van der Waals surface area contributed by atoms with Gasteiger partial charge in [0.15, 0.2) is 11.9 Å². The molecule has 0 amide bonds. The Kier molecular flexibility index (Phi) is 6.29. The Morgan fingerprint density at radius 3 is 2.30 bits per heavy atom. The molecular formula is C30H28N2O5. The van der Waals surface area contributed by atoms with Gasteiger partial charge in [-0.1, -0.05) is 42.0 Å². The largest absolute Gasteiger partial charge is 0.475 e. The van der Waals surface area contributed by atoms with Crippen LogP contribution in [-0.2, 0) is 13.1 Å². The van der Waals surface area contributed by atoms with Gasteiger partial charge in [-0.25, -0.2) is 4.79 Å². The highest BCUT2D eigenvalue weighted by Gasteiger charge is 2.24. The molecule has 0 spiro atoms. The summed E-state index contributed by atoms with van der Waals surface area (Å²) in [6.07, 6.45) is -0.972. The molecule has 37 heavy (non-hydrogen) atoms. The van der Waals surface area contributed by atoms with Gasteiger partial charge < -0.3 is 9.15 Å². The fourth-order valence-electron chi connectivity index (χ4n) is 4.68. The van der Waals surface area contributed by atoms with E-state index >= 15 is 0 Å². The van der Waals surface area contributed by atoms with Crippen molar-refractivity contribution >= 4 is 27.8 Å². The van der Waals surface area contributed by atoms with Gasteiger partial charge in [0.05, 0.1) is 16.4 Å². The molecule has 3 aromatic carbocycles. The van der Waals surface area contributed by atoms with Crippen molar-refractivity contribution in [3.8, 4) is 17.1 Å². The molecule has 188 valence electrons. The first-order chi connectivity index (χ1) is 17.8. The summed E-state index contributed by atoms with van der Waals surface area (Å²) in [5.74, 6) is -0.0330. The quantitative estimate of drug-likeness (QED) is 0.275. The molecule has 0 saturated carbocycles. The van der Waals surface area contributed by atoms with E-state index in [0.29, 0.717) is 40.7 Å². The molecule has 0 saturated heterocycles. The minimum atomic E-state index is -0.972. The van der Waals surface area contributed by atoms with Gasteiger partial charge in [-0.15, -0.1) is 0 Å². The van der Waals surface area contributed by atoms with Crippen molar-refractivity contribution in [2.45, 2.75) is 46.9 Å². The third-order valence-electron chi connectivity index (χ3n) is 6.67. The van der Waals surface area contributed by atoms with Crippen molar-refractivity contribution in [1.29, 1.82) is 0 Å². The van der Waals surface area contributed by atoms with Crippen molar-refractivity contribution in [2.75, 3.05) is 0 Å². The number of Topliss-reactive ketones (excluding diaryl/α,β-unsaturated/α-hetero) is 1. The second-order valence-electron chi connectivity index (χ2n) is 9.05. The minimum absolute atomic E-state index is 0.00733. The topological polar surface area (TPSA) is 83.4 Å². The van der Waals surface area contributed by atoms with Crippen molar-refractivity contribution in [2.24, 2.45) is 0 Å². The summed E-state index contributed by atoms with van der Waals surface area (Å²) in [4.78, 5) is 39.7. The number of hydrogen-bond donors (Lipinski definition) is 0. The number of rotatable bonds is 7. The number of aromatic nitrogens is 2. The molecule has 0 bridgehead atoms. The lowest BCUT2D eigenvalue weighted by Crippen LogP contribution is -2.27. The van der Waals surface area contributed by atoms with Crippen LogP contribution >= 0.6 is 0 Å². The van der Waals surface area contributed by atoms with E-state index in [4.69, 9.17) is 9.15 Å². The molecule has 0 radical (unpaired) electrons. The molecule has 0 N–H and O–H groups in total. The number of aryl methyl sites for hydroxylation is 3. The summed E-state index contributed by atoms with van der Waals surface area (Å²) >= 11 is 0. The van der Waals surface area contributed by atoms with Crippen molar-refractivity contribution < 1.29 is 13.9 Å². The average molecular weight is 497 g/mol. The van der Waals surface area contributed by atoms with Crippen LogP contribution in [0.2, 0.25) is 0 Å². The van der Waals surface area contributed by atoms with Gasteiger partial charge in [0.1, 0.15) is 5.58 Å². The van der Waals surface area contributed by atoms with Crippen molar-refractivity contribution in [1.82, 2.24) is 9.13 Å². The maximum atomic E-state index is 13.5. The predicted octanol–water partition coefficient (Wildman–Crippen LogP) is 5.57. The van der Waals surface area contributed by atoms with Gasteiger partial charge in [-0.3, -0.25) is 18.7 Å². The third-order valence-corrected chi connectivity index (χ3v) is 6.67. The molecule has 1 atom stereocenters. The second kappa shape index (κ2) is 9.58. The first-order valence-electron chi connectivity index (χ1n) is 12.4. The van der Waals surface area contributed by atoms with Crippen LogP contribution in [0.15, 0.2) is 80.7 Å². The number of benzene rings is 3. The molecule has 0 aliphatic carbocycles. The van der Waals surface area contributed by atoms with E-state index in [2.05, 4.69) is 0 Å². The van der Waals surface area contributed by atoms with Crippen LogP contribution in [0.5, 0.6) is 5.75 Å². The minimum Gasteiger partial charge on any atom is -0.475 e. The molecular weight excluding hydrogens is 468 g/mol. The van der Waals surface area contributed by atoms with Crippen LogP contribution in [0.25, 0.3) is 33.3 Å². The number of para-hydroxylation sites is 1. The summed E-state index contributed by atoms with van der Waals surface area (Å²) in [6, 6.07) is 19.7. The van der Waals surface area contributed by atoms with Crippen LogP contribution in [0.4, 0.5) is 0 Å². The summed E-state index contributed by atoms with van der Waals surface area (Å²) in [6.45, 7) is 8.42.